The molecular formula is C20H24N2O4. The number of hydrogen-bond acceptors (Lipinski definition) is 4. The van der Waals surface area contributed by atoms with E-state index in [1.54, 1.807) is 32.4 Å². The maximum atomic E-state index is 12.1. The molecule has 138 valence electrons. The van der Waals surface area contributed by atoms with Gasteiger partial charge in [0.2, 0.25) is 11.8 Å². The van der Waals surface area contributed by atoms with Crippen molar-refractivity contribution in [3.63, 3.8) is 0 Å². The number of aryl methyl sites for hydroxylation is 2. The number of benzene rings is 2. The molecule has 2 rings (SSSR count). The summed E-state index contributed by atoms with van der Waals surface area (Å²) in [5.41, 5.74) is 3.74. The van der Waals surface area contributed by atoms with E-state index in [9.17, 15) is 9.59 Å². The van der Waals surface area contributed by atoms with Crippen molar-refractivity contribution in [2.24, 2.45) is 0 Å². The Labute approximate surface area is 153 Å². The van der Waals surface area contributed by atoms with Crippen molar-refractivity contribution in [1.82, 2.24) is 5.32 Å². The summed E-state index contributed by atoms with van der Waals surface area (Å²) in [7, 11) is 3.09. The van der Waals surface area contributed by atoms with Crippen LogP contribution < -0.4 is 20.1 Å². The molecule has 6 heteroatoms. The highest BCUT2D eigenvalue weighted by Gasteiger charge is 2.10. The van der Waals surface area contributed by atoms with Crippen LogP contribution in [0.1, 0.15) is 16.7 Å². The molecule has 0 unspecified atom stereocenters. The molecule has 0 atom stereocenters. The summed E-state index contributed by atoms with van der Waals surface area (Å²) in [5.74, 6) is 0.649. The second kappa shape index (κ2) is 8.89. The molecule has 0 fully saturated rings. The van der Waals surface area contributed by atoms with E-state index in [-0.39, 0.29) is 24.8 Å². The van der Waals surface area contributed by atoms with Crippen LogP contribution in [-0.2, 0) is 16.0 Å². The lowest BCUT2D eigenvalue weighted by Crippen LogP contribution is -2.33. The molecule has 0 aliphatic rings. The van der Waals surface area contributed by atoms with Crippen molar-refractivity contribution in [3.05, 3.63) is 53.1 Å². The summed E-state index contributed by atoms with van der Waals surface area (Å²) in [6, 6.07) is 11.0. The van der Waals surface area contributed by atoms with Crippen molar-refractivity contribution in [2.45, 2.75) is 20.3 Å². The first-order valence-electron chi connectivity index (χ1n) is 8.27. The number of hydrogen-bond donors (Lipinski definition) is 2. The van der Waals surface area contributed by atoms with Gasteiger partial charge in [0.05, 0.1) is 27.2 Å². The number of anilines is 1. The van der Waals surface area contributed by atoms with Crippen molar-refractivity contribution in [3.8, 4) is 11.5 Å². The molecule has 2 aromatic carbocycles. The zero-order valence-electron chi connectivity index (χ0n) is 15.5. The van der Waals surface area contributed by atoms with Gasteiger partial charge in [-0.05, 0) is 54.8 Å². The maximum absolute atomic E-state index is 12.1. The van der Waals surface area contributed by atoms with Crippen LogP contribution in [0.5, 0.6) is 11.5 Å². The molecule has 6 nitrogen and oxygen atoms in total. The van der Waals surface area contributed by atoms with Crippen LogP contribution in [0, 0.1) is 13.8 Å². The largest absolute Gasteiger partial charge is 0.493 e. The Hall–Kier alpha value is -3.02. The highest BCUT2D eigenvalue weighted by Crippen LogP contribution is 2.27. The molecular weight excluding hydrogens is 332 g/mol. The Morgan fingerprint density at radius 1 is 0.885 bits per heavy atom. The lowest BCUT2D eigenvalue weighted by Gasteiger charge is -2.10. The van der Waals surface area contributed by atoms with Gasteiger partial charge in [-0.15, -0.1) is 0 Å². The zero-order valence-corrected chi connectivity index (χ0v) is 15.5. The number of carbonyl (C=O) groups is 2. The summed E-state index contributed by atoms with van der Waals surface area (Å²) < 4.78 is 10.4. The molecule has 2 aromatic rings. The normalized spacial score (nSPS) is 10.2. The first-order chi connectivity index (χ1) is 12.4. The standard InChI is InChI=1S/C20H24N2O4/c1-13-5-7-16(9-14(13)2)22-20(24)12-21-19(23)11-15-6-8-17(25-3)18(10-15)26-4/h5-10H,11-12H2,1-4H3,(H,21,23)(H,22,24). The second-order valence-electron chi connectivity index (χ2n) is 5.99. The summed E-state index contributed by atoms with van der Waals surface area (Å²) in [6.45, 7) is 3.91. The van der Waals surface area contributed by atoms with Gasteiger partial charge < -0.3 is 20.1 Å². The van der Waals surface area contributed by atoms with E-state index in [1.165, 1.54) is 0 Å². The fourth-order valence-electron chi connectivity index (χ4n) is 2.44. The van der Waals surface area contributed by atoms with Gasteiger partial charge in [-0.1, -0.05) is 12.1 Å². The summed E-state index contributed by atoms with van der Waals surface area (Å²) >= 11 is 0. The topological polar surface area (TPSA) is 76.7 Å². The fourth-order valence-corrected chi connectivity index (χ4v) is 2.44. The third-order valence-electron chi connectivity index (χ3n) is 4.05. The lowest BCUT2D eigenvalue weighted by molar-refractivity contribution is -0.123. The monoisotopic (exact) mass is 356 g/mol. The number of ether oxygens (including phenoxy) is 2. The Balaban J connectivity index is 1.86. The molecule has 0 bridgehead atoms. The predicted molar refractivity (Wildman–Crippen MR) is 101 cm³/mol. The Morgan fingerprint density at radius 2 is 1.62 bits per heavy atom. The average molecular weight is 356 g/mol. The van der Waals surface area contributed by atoms with Crippen LogP contribution >= 0.6 is 0 Å². The summed E-state index contributed by atoms with van der Waals surface area (Å²) in [6.07, 6.45) is 0.150. The quantitative estimate of drug-likeness (QED) is 0.800. The highest BCUT2D eigenvalue weighted by molar-refractivity contribution is 5.94. The zero-order chi connectivity index (χ0) is 19.1. The number of carbonyl (C=O) groups excluding carboxylic acids is 2. The van der Waals surface area contributed by atoms with Gasteiger partial charge in [0.15, 0.2) is 11.5 Å². The summed E-state index contributed by atoms with van der Waals surface area (Å²) in [5, 5.41) is 5.39. The molecule has 0 saturated carbocycles. The van der Waals surface area contributed by atoms with Gasteiger partial charge in [-0.25, -0.2) is 0 Å². The predicted octanol–water partition coefficient (Wildman–Crippen LogP) is 2.62. The van der Waals surface area contributed by atoms with Crippen LogP contribution in [0.2, 0.25) is 0 Å². The number of methoxy groups -OCH3 is 2. The van der Waals surface area contributed by atoms with Crippen LogP contribution in [0.4, 0.5) is 5.69 Å². The van der Waals surface area contributed by atoms with Gasteiger partial charge in [0, 0.05) is 5.69 Å². The van der Waals surface area contributed by atoms with Crippen LogP contribution in [-0.4, -0.2) is 32.6 Å². The van der Waals surface area contributed by atoms with Gasteiger partial charge in [-0.2, -0.15) is 0 Å². The van der Waals surface area contributed by atoms with Gasteiger partial charge in [0.25, 0.3) is 0 Å². The molecule has 26 heavy (non-hydrogen) atoms. The molecule has 2 N–H and O–H groups in total. The minimum Gasteiger partial charge on any atom is -0.493 e. The summed E-state index contributed by atoms with van der Waals surface area (Å²) in [4.78, 5) is 24.0. The van der Waals surface area contributed by atoms with E-state index in [0.29, 0.717) is 17.2 Å². The van der Waals surface area contributed by atoms with E-state index in [1.807, 2.05) is 32.0 Å². The van der Waals surface area contributed by atoms with E-state index in [4.69, 9.17) is 9.47 Å². The smallest absolute Gasteiger partial charge is 0.243 e. The Morgan fingerprint density at radius 3 is 2.27 bits per heavy atom. The minimum atomic E-state index is -0.270. The molecule has 2 amide bonds. The average Bonchev–Trinajstić information content (AvgIpc) is 2.63. The lowest BCUT2D eigenvalue weighted by atomic mass is 10.1. The highest BCUT2D eigenvalue weighted by atomic mass is 16.5. The minimum absolute atomic E-state index is 0.0843. The Kier molecular flexibility index (Phi) is 6.60. The van der Waals surface area contributed by atoms with Gasteiger partial charge in [-0.3, -0.25) is 9.59 Å². The molecule has 0 saturated heterocycles. The third-order valence-corrected chi connectivity index (χ3v) is 4.05. The number of amides is 2. The molecule has 0 aliphatic carbocycles. The second-order valence-corrected chi connectivity index (χ2v) is 5.99. The molecule has 0 heterocycles. The maximum Gasteiger partial charge on any atom is 0.243 e. The van der Waals surface area contributed by atoms with Gasteiger partial charge in [0.1, 0.15) is 0 Å². The third kappa shape index (κ3) is 5.24. The van der Waals surface area contributed by atoms with Crippen molar-refractivity contribution in [1.29, 1.82) is 0 Å². The SMILES string of the molecule is COc1ccc(CC(=O)NCC(=O)Nc2ccc(C)c(C)c2)cc1OC. The van der Waals surface area contributed by atoms with Crippen molar-refractivity contribution >= 4 is 17.5 Å². The van der Waals surface area contributed by atoms with Crippen molar-refractivity contribution in [2.75, 3.05) is 26.1 Å². The van der Waals surface area contributed by atoms with E-state index >= 15 is 0 Å². The first kappa shape index (κ1) is 19.3. The number of nitrogens with one attached hydrogen (secondary N) is 2. The molecule has 0 aromatic heterocycles. The van der Waals surface area contributed by atoms with Crippen LogP contribution in [0.25, 0.3) is 0 Å². The molecule has 0 aliphatic heterocycles. The Bertz CT molecular complexity index is 802. The molecule has 0 radical (unpaired) electrons. The first-order valence-corrected chi connectivity index (χ1v) is 8.27. The van der Waals surface area contributed by atoms with E-state index < -0.39 is 0 Å². The van der Waals surface area contributed by atoms with Crippen molar-refractivity contribution < 1.29 is 19.1 Å². The fraction of sp³-hybridized carbons (Fsp3) is 0.300. The van der Waals surface area contributed by atoms with Crippen LogP contribution in [0.15, 0.2) is 36.4 Å². The van der Waals surface area contributed by atoms with E-state index in [0.717, 1.165) is 16.7 Å². The van der Waals surface area contributed by atoms with Crippen LogP contribution in [0.3, 0.4) is 0 Å². The van der Waals surface area contributed by atoms with Gasteiger partial charge >= 0.3 is 0 Å². The number of rotatable bonds is 7. The van der Waals surface area contributed by atoms with E-state index in [2.05, 4.69) is 10.6 Å². The molecule has 0 spiro atoms.